The second-order valence-corrected chi connectivity index (χ2v) is 4.94. The second kappa shape index (κ2) is 6.37. The molecule has 0 aliphatic heterocycles. The van der Waals surface area contributed by atoms with Crippen LogP contribution in [-0.4, -0.2) is 21.5 Å². The van der Waals surface area contributed by atoms with E-state index in [0.717, 1.165) is 22.5 Å². The van der Waals surface area contributed by atoms with Gasteiger partial charge in [-0.15, -0.1) is 0 Å². The average Bonchev–Trinajstić information content (AvgIpc) is 2.57. The van der Waals surface area contributed by atoms with Gasteiger partial charge in [0, 0.05) is 18.2 Å². The molecule has 4 nitrogen and oxygen atoms in total. The lowest BCUT2D eigenvalue weighted by Crippen LogP contribution is -2.22. The Kier molecular flexibility index (Phi) is 4.12. The minimum Gasteiger partial charge on any atom is -0.396 e. The van der Waals surface area contributed by atoms with Crippen molar-refractivity contribution in [1.82, 2.24) is 9.78 Å². The molecule has 3 rings (SSSR count). The largest absolute Gasteiger partial charge is 0.396 e. The topological polar surface area (TPSA) is 55.1 Å². The zero-order valence-electron chi connectivity index (χ0n) is 12.0. The lowest BCUT2D eigenvalue weighted by atomic mass is 10.0. The zero-order valence-corrected chi connectivity index (χ0v) is 12.0. The van der Waals surface area contributed by atoms with E-state index in [-0.39, 0.29) is 12.2 Å². The molecule has 4 heteroatoms. The summed E-state index contributed by atoms with van der Waals surface area (Å²) in [5, 5.41) is 13.8. The summed E-state index contributed by atoms with van der Waals surface area (Å²) in [6.07, 6.45) is 0.405. The van der Waals surface area contributed by atoms with E-state index in [2.05, 4.69) is 5.10 Å². The van der Waals surface area contributed by atoms with Gasteiger partial charge in [0.1, 0.15) is 0 Å². The minimum absolute atomic E-state index is 0.0176. The number of rotatable bonds is 4. The molecule has 0 atom stereocenters. The second-order valence-electron chi connectivity index (χ2n) is 4.94. The maximum atomic E-state index is 12.3. The Bertz CT molecular complexity index is 811. The molecule has 0 spiro atoms. The predicted octanol–water partition coefficient (Wildman–Crippen LogP) is 2.43. The smallest absolute Gasteiger partial charge is 0.271 e. The molecule has 0 aliphatic rings. The summed E-state index contributed by atoms with van der Waals surface area (Å²) in [4.78, 5) is 12.3. The quantitative estimate of drug-likeness (QED) is 0.803. The average molecular weight is 292 g/mol. The number of hydrogen-bond donors (Lipinski definition) is 1. The maximum absolute atomic E-state index is 12.3. The molecule has 2 aromatic carbocycles. The van der Waals surface area contributed by atoms with Crippen LogP contribution in [0, 0.1) is 0 Å². The molecule has 0 saturated carbocycles. The first-order chi connectivity index (χ1) is 10.8. The van der Waals surface area contributed by atoms with Crippen molar-refractivity contribution in [2.24, 2.45) is 0 Å². The molecule has 1 aromatic heterocycles. The molecule has 0 fully saturated rings. The van der Waals surface area contributed by atoms with Gasteiger partial charge in [-0.2, -0.15) is 9.78 Å². The fraction of sp³-hybridized carbons (Fsp3) is 0.111. The summed E-state index contributed by atoms with van der Waals surface area (Å²) in [6.45, 7) is -0.0176. The third-order valence-electron chi connectivity index (χ3n) is 3.44. The van der Waals surface area contributed by atoms with Crippen LogP contribution in [0.15, 0.2) is 71.5 Å². The summed E-state index contributed by atoms with van der Waals surface area (Å²) in [6, 6.07) is 20.6. The molecule has 1 heterocycles. The number of para-hydroxylation sites is 1. The summed E-state index contributed by atoms with van der Waals surface area (Å²) >= 11 is 0. The van der Waals surface area contributed by atoms with Crippen molar-refractivity contribution in [2.45, 2.75) is 6.42 Å². The first-order valence-corrected chi connectivity index (χ1v) is 7.14. The SMILES string of the molecule is O=c1cc(CCO)c(-c2ccccc2)nn1-c1ccccc1. The van der Waals surface area contributed by atoms with Gasteiger partial charge in [0.2, 0.25) is 0 Å². The maximum Gasteiger partial charge on any atom is 0.271 e. The summed E-state index contributed by atoms with van der Waals surface area (Å²) in [5.41, 5.74) is 2.93. The highest BCUT2D eigenvalue weighted by Crippen LogP contribution is 2.20. The lowest BCUT2D eigenvalue weighted by Gasteiger charge is -2.11. The van der Waals surface area contributed by atoms with Gasteiger partial charge < -0.3 is 5.11 Å². The number of benzene rings is 2. The van der Waals surface area contributed by atoms with Crippen LogP contribution in [0.3, 0.4) is 0 Å². The standard InChI is InChI=1S/C18H16N2O2/c21-12-11-15-13-17(22)20(16-9-5-2-6-10-16)19-18(15)14-7-3-1-4-8-14/h1-10,13,21H,11-12H2. The summed E-state index contributed by atoms with van der Waals surface area (Å²) in [5.74, 6) is 0. The molecule has 1 N–H and O–H groups in total. The Hall–Kier alpha value is -2.72. The lowest BCUT2D eigenvalue weighted by molar-refractivity contribution is 0.299. The molecule has 0 radical (unpaired) electrons. The fourth-order valence-corrected chi connectivity index (χ4v) is 2.40. The predicted molar refractivity (Wildman–Crippen MR) is 86.1 cm³/mol. The highest BCUT2D eigenvalue weighted by atomic mass is 16.3. The van der Waals surface area contributed by atoms with Crippen molar-refractivity contribution < 1.29 is 5.11 Å². The number of aliphatic hydroxyl groups excluding tert-OH is 1. The molecule has 0 bridgehead atoms. The van der Waals surface area contributed by atoms with E-state index >= 15 is 0 Å². The number of aliphatic hydroxyl groups is 1. The molecule has 0 amide bonds. The van der Waals surface area contributed by atoms with Gasteiger partial charge in [0.15, 0.2) is 0 Å². The molecule has 0 unspecified atom stereocenters. The van der Waals surface area contributed by atoms with Crippen LogP contribution in [-0.2, 0) is 6.42 Å². The molecule has 22 heavy (non-hydrogen) atoms. The first-order valence-electron chi connectivity index (χ1n) is 7.14. The third kappa shape index (κ3) is 2.82. The van der Waals surface area contributed by atoms with E-state index in [4.69, 9.17) is 0 Å². The van der Waals surface area contributed by atoms with E-state index in [0.29, 0.717) is 6.42 Å². The van der Waals surface area contributed by atoms with Gasteiger partial charge in [-0.1, -0.05) is 48.5 Å². The van der Waals surface area contributed by atoms with E-state index < -0.39 is 0 Å². The molecular weight excluding hydrogens is 276 g/mol. The van der Waals surface area contributed by atoms with Crippen molar-refractivity contribution in [1.29, 1.82) is 0 Å². The Balaban J connectivity index is 2.21. The van der Waals surface area contributed by atoms with Crippen LogP contribution in [0.1, 0.15) is 5.56 Å². The Morgan fingerprint density at radius 1 is 0.955 bits per heavy atom. The van der Waals surface area contributed by atoms with Crippen LogP contribution in [0.25, 0.3) is 16.9 Å². The Morgan fingerprint density at radius 2 is 1.59 bits per heavy atom. The van der Waals surface area contributed by atoms with Crippen molar-refractivity contribution in [2.75, 3.05) is 6.61 Å². The van der Waals surface area contributed by atoms with Crippen LogP contribution >= 0.6 is 0 Å². The van der Waals surface area contributed by atoms with Crippen molar-refractivity contribution in [3.63, 3.8) is 0 Å². The van der Waals surface area contributed by atoms with Crippen LogP contribution < -0.4 is 5.56 Å². The Labute approximate surface area is 128 Å². The number of hydrogen-bond acceptors (Lipinski definition) is 3. The zero-order chi connectivity index (χ0) is 15.4. The summed E-state index contributed by atoms with van der Waals surface area (Å²) in [7, 11) is 0. The van der Waals surface area contributed by atoms with E-state index in [9.17, 15) is 9.90 Å². The molecule has 110 valence electrons. The van der Waals surface area contributed by atoms with E-state index in [1.165, 1.54) is 4.68 Å². The number of aromatic nitrogens is 2. The van der Waals surface area contributed by atoms with Gasteiger partial charge in [-0.3, -0.25) is 4.79 Å². The Morgan fingerprint density at radius 3 is 2.23 bits per heavy atom. The van der Waals surface area contributed by atoms with Crippen molar-refractivity contribution in [3.05, 3.63) is 82.6 Å². The minimum atomic E-state index is -0.200. The fourth-order valence-electron chi connectivity index (χ4n) is 2.40. The van der Waals surface area contributed by atoms with Crippen molar-refractivity contribution in [3.8, 4) is 16.9 Å². The molecule has 0 saturated heterocycles. The van der Waals surface area contributed by atoms with Gasteiger partial charge >= 0.3 is 0 Å². The van der Waals surface area contributed by atoms with Gasteiger partial charge in [0.25, 0.3) is 5.56 Å². The number of nitrogens with zero attached hydrogens (tertiary/aromatic N) is 2. The first kappa shape index (κ1) is 14.2. The van der Waals surface area contributed by atoms with Crippen molar-refractivity contribution >= 4 is 0 Å². The van der Waals surface area contributed by atoms with Gasteiger partial charge in [-0.25, -0.2) is 0 Å². The summed E-state index contributed by atoms with van der Waals surface area (Å²) < 4.78 is 1.39. The van der Waals surface area contributed by atoms with Crippen LogP contribution in [0.2, 0.25) is 0 Å². The molecular formula is C18H16N2O2. The van der Waals surface area contributed by atoms with Crippen LogP contribution in [0.4, 0.5) is 0 Å². The monoisotopic (exact) mass is 292 g/mol. The highest BCUT2D eigenvalue weighted by Gasteiger charge is 2.11. The molecule has 3 aromatic rings. The van der Waals surface area contributed by atoms with E-state index in [1.807, 2.05) is 60.7 Å². The van der Waals surface area contributed by atoms with E-state index in [1.54, 1.807) is 6.07 Å². The normalized spacial score (nSPS) is 10.6. The van der Waals surface area contributed by atoms with Gasteiger partial charge in [0.05, 0.1) is 11.4 Å². The highest BCUT2D eigenvalue weighted by molar-refractivity contribution is 5.62. The van der Waals surface area contributed by atoms with Crippen LogP contribution in [0.5, 0.6) is 0 Å². The van der Waals surface area contributed by atoms with Gasteiger partial charge in [-0.05, 0) is 24.1 Å². The molecule has 0 aliphatic carbocycles. The third-order valence-corrected chi connectivity index (χ3v) is 3.44.